The summed E-state index contributed by atoms with van der Waals surface area (Å²) in [5.41, 5.74) is 0. The second-order valence-electron chi connectivity index (χ2n) is 2.12. The van der Waals surface area contributed by atoms with Crippen LogP contribution in [0.3, 0.4) is 0 Å². The van der Waals surface area contributed by atoms with Crippen LogP contribution in [0.5, 0.6) is 5.88 Å². The third-order valence-electron chi connectivity index (χ3n) is 1.22. The lowest BCUT2D eigenvalue weighted by molar-refractivity contribution is -0.0745. The van der Waals surface area contributed by atoms with E-state index in [1.807, 2.05) is 0 Å². The van der Waals surface area contributed by atoms with Crippen molar-refractivity contribution in [3.8, 4) is 5.88 Å². The highest BCUT2D eigenvalue weighted by Crippen LogP contribution is 2.06. The van der Waals surface area contributed by atoms with Gasteiger partial charge in [0.2, 0.25) is 12.2 Å². The third-order valence-corrected chi connectivity index (χ3v) is 1.22. The average Bonchev–Trinajstić information content (AvgIpc) is 2.06. The molecule has 0 aromatic carbocycles. The second kappa shape index (κ2) is 3.93. The van der Waals surface area contributed by atoms with Crippen LogP contribution >= 0.6 is 0 Å². The van der Waals surface area contributed by atoms with E-state index >= 15 is 0 Å². The molecule has 0 saturated carbocycles. The Balaban J connectivity index is 2.51. The second-order valence-corrected chi connectivity index (χ2v) is 2.12. The highest BCUT2D eigenvalue weighted by atomic mass is 16.6. The molecule has 1 aromatic rings. The van der Waals surface area contributed by atoms with E-state index in [0.29, 0.717) is 12.3 Å². The molecule has 1 unspecified atom stereocenters. The summed E-state index contributed by atoms with van der Waals surface area (Å²) in [5.74, 6) is 0.398. The van der Waals surface area contributed by atoms with Gasteiger partial charge in [0.15, 0.2) is 0 Å². The lowest BCUT2D eigenvalue weighted by Gasteiger charge is -2.06. The average molecular weight is 152 g/mol. The van der Waals surface area contributed by atoms with E-state index in [0.717, 1.165) is 0 Å². The van der Waals surface area contributed by atoms with Crippen LogP contribution < -0.4 is 4.74 Å². The first kappa shape index (κ1) is 8.01. The molecule has 0 aliphatic heterocycles. The number of rotatable bonds is 3. The van der Waals surface area contributed by atoms with Crippen molar-refractivity contribution in [2.75, 3.05) is 0 Å². The van der Waals surface area contributed by atoms with Crippen LogP contribution in [0.15, 0.2) is 24.4 Å². The zero-order valence-corrected chi connectivity index (χ0v) is 6.36. The molecule has 1 atom stereocenters. The SMILES string of the molecule is CCC([O])Oc1ccccn1. The van der Waals surface area contributed by atoms with Gasteiger partial charge in [0.25, 0.3) is 0 Å². The van der Waals surface area contributed by atoms with Gasteiger partial charge in [-0.05, 0) is 6.07 Å². The van der Waals surface area contributed by atoms with Gasteiger partial charge in [0.1, 0.15) is 0 Å². The number of aromatic nitrogens is 1. The van der Waals surface area contributed by atoms with Crippen LogP contribution in [0.25, 0.3) is 0 Å². The van der Waals surface area contributed by atoms with Gasteiger partial charge in [-0.15, -0.1) is 0 Å². The van der Waals surface area contributed by atoms with Gasteiger partial charge in [0, 0.05) is 18.7 Å². The molecule has 0 saturated heterocycles. The van der Waals surface area contributed by atoms with Crippen molar-refractivity contribution in [2.24, 2.45) is 0 Å². The van der Waals surface area contributed by atoms with Crippen LogP contribution in [0.2, 0.25) is 0 Å². The fourth-order valence-corrected chi connectivity index (χ4v) is 0.635. The van der Waals surface area contributed by atoms with Crippen molar-refractivity contribution in [1.29, 1.82) is 0 Å². The molecule has 0 N–H and O–H groups in total. The molecule has 1 rings (SSSR count). The zero-order chi connectivity index (χ0) is 8.10. The van der Waals surface area contributed by atoms with Crippen LogP contribution in [0, 0.1) is 0 Å². The minimum Gasteiger partial charge on any atom is -0.445 e. The third kappa shape index (κ3) is 2.55. The summed E-state index contributed by atoms with van der Waals surface area (Å²) in [6, 6.07) is 5.23. The fourth-order valence-electron chi connectivity index (χ4n) is 0.635. The molecular weight excluding hydrogens is 142 g/mol. The maximum Gasteiger partial charge on any atom is 0.232 e. The molecule has 0 amide bonds. The molecule has 59 valence electrons. The molecule has 1 aromatic heterocycles. The van der Waals surface area contributed by atoms with Crippen LogP contribution in [0.4, 0.5) is 0 Å². The molecule has 0 aliphatic rings. The van der Waals surface area contributed by atoms with E-state index in [4.69, 9.17) is 4.74 Å². The Morgan fingerprint density at radius 3 is 3.00 bits per heavy atom. The van der Waals surface area contributed by atoms with Gasteiger partial charge >= 0.3 is 0 Å². The Kier molecular flexibility index (Phi) is 2.86. The first-order chi connectivity index (χ1) is 5.33. The summed E-state index contributed by atoms with van der Waals surface area (Å²) in [6.07, 6.45) is 1.05. The van der Waals surface area contributed by atoms with Crippen molar-refractivity contribution < 1.29 is 9.84 Å². The van der Waals surface area contributed by atoms with Gasteiger partial charge in [-0.25, -0.2) is 4.98 Å². The predicted octanol–water partition coefficient (Wildman–Crippen LogP) is 1.63. The van der Waals surface area contributed by atoms with E-state index in [9.17, 15) is 5.11 Å². The molecule has 3 nitrogen and oxygen atoms in total. The van der Waals surface area contributed by atoms with Crippen molar-refractivity contribution in [1.82, 2.24) is 4.98 Å². The Morgan fingerprint density at radius 2 is 2.45 bits per heavy atom. The molecule has 0 fully saturated rings. The predicted molar refractivity (Wildman–Crippen MR) is 39.6 cm³/mol. The van der Waals surface area contributed by atoms with Gasteiger partial charge < -0.3 is 4.74 Å². The maximum atomic E-state index is 10.8. The highest BCUT2D eigenvalue weighted by Gasteiger charge is 2.03. The molecule has 3 heteroatoms. The number of hydrogen-bond donors (Lipinski definition) is 0. The Bertz CT molecular complexity index is 201. The summed E-state index contributed by atoms with van der Waals surface area (Å²) in [4.78, 5) is 3.84. The van der Waals surface area contributed by atoms with Crippen molar-refractivity contribution in [3.05, 3.63) is 24.4 Å². The number of nitrogens with zero attached hydrogens (tertiary/aromatic N) is 1. The minimum atomic E-state index is -0.995. The molecule has 1 radical (unpaired) electrons. The Morgan fingerprint density at radius 1 is 1.64 bits per heavy atom. The monoisotopic (exact) mass is 152 g/mol. The van der Waals surface area contributed by atoms with Gasteiger partial charge in [-0.3, -0.25) is 0 Å². The number of pyridine rings is 1. The molecule has 0 bridgehead atoms. The Labute approximate surface area is 65.7 Å². The van der Waals surface area contributed by atoms with E-state index in [-0.39, 0.29) is 0 Å². The first-order valence-corrected chi connectivity index (χ1v) is 3.56. The molecule has 11 heavy (non-hydrogen) atoms. The van der Waals surface area contributed by atoms with Gasteiger partial charge in [0.05, 0.1) is 0 Å². The van der Waals surface area contributed by atoms with Gasteiger partial charge in [-0.2, -0.15) is 5.11 Å². The van der Waals surface area contributed by atoms with E-state index in [1.165, 1.54) is 0 Å². The maximum absolute atomic E-state index is 10.8. The summed E-state index contributed by atoms with van der Waals surface area (Å²) in [6.45, 7) is 1.78. The summed E-state index contributed by atoms with van der Waals surface area (Å²) < 4.78 is 4.90. The normalized spacial score (nSPS) is 12.5. The summed E-state index contributed by atoms with van der Waals surface area (Å²) >= 11 is 0. The van der Waals surface area contributed by atoms with E-state index in [1.54, 1.807) is 31.3 Å². The Hall–Kier alpha value is -1.09. The highest BCUT2D eigenvalue weighted by molar-refractivity contribution is 5.09. The zero-order valence-electron chi connectivity index (χ0n) is 6.36. The van der Waals surface area contributed by atoms with Gasteiger partial charge in [-0.1, -0.05) is 13.0 Å². The molecule has 1 heterocycles. The van der Waals surface area contributed by atoms with Crippen molar-refractivity contribution >= 4 is 0 Å². The number of ether oxygens (including phenoxy) is 1. The fraction of sp³-hybridized carbons (Fsp3) is 0.375. The van der Waals surface area contributed by atoms with Crippen LogP contribution in [-0.4, -0.2) is 11.3 Å². The van der Waals surface area contributed by atoms with Crippen molar-refractivity contribution in [2.45, 2.75) is 19.6 Å². The van der Waals surface area contributed by atoms with E-state index in [2.05, 4.69) is 4.98 Å². The van der Waals surface area contributed by atoms with Crippen LogP contribution in [-0.2, 0) is 5.11 Å². The minimum absolute atomic E-state index is 0.398. The topological polar surface area (TPSA) is 42.0 Å². The first-order valence-electron chi connectivity index (χ1n) is 3.56. The largest absolute Gasteiger partial charge is 0.445 e. The summed E-state index contributed by atoms with van der Waals surface area (Å²) in [5, 5.41) is 10.8. The molecule has 0 spiro atoms. The smallest absolute Gasteiger partial charge is 0.232 e. The molecule has 0 aliphatic carbocycles. The lowest BCUT2D eigenvalue weighted by atomic mass is 10.4. The van der Waals surface area contributed by atoms with Crippen molar-refractivity contribution in [3.63, 3.8) is 0 Å². The molecular formula is C8H10NO2. The quantitative estimate of drug-likeness (QED) is 0.617. The van der Waals surface area contributed by atoms with Crippen LogP contribution in [0.1, 0.15) is 13.3 Å². The standard InChI is InChI=1S/C8H10NO2/c1-2-8(10)11-7-5-3-4-6-9-7/h3-6,8H,2H2,1H3. The lowest BCUT2D eigenvalue weighted by Crippen LogP contribution is -2.12. The number of hydrogen-bond acceptors (Lipinski definition) is 2. The van der Waals surface area contributed by atoms with E-state index < -0.39 is 6.29 Å². The summed E-state index contributed by atoms with van der Waals surface area (Å²) in [7, 11) is 0.